The summed E-state index contributed by atoms with van der Waals surface area (Å²) in [6.07, 6.45) is 42.1. The SMILES string of the molecule is C1=CCC(C2=CCCC(C3=CCCCC3)C2N2c3cc(-n4c5ccccc5c5ccccc54)ccc3B3c4ccc(-n5c6ccccc6c6ccccc65)cc4N(C4C(C5CC=CCC5)=CCCC4C4=CCCCC4)c4cc(-c5ccc(-n6c7ccccc7c7ccccc76)cc5)cc2c43)CC1. The van der Waals surface area contributed by atoms with Crippen molar-refractivity contribution in [2.45, 2.75) is 128 Å². The molecule has 0 spiro atoms. The molecule has 2 aliphatic heterocycles. The number of fused-ring (bicyclic) bond motifs is 13. The van der Waals surface area contributed by atoms with E-state index >= 15 is 0 Å². The predicted octanol–water partition coefficient (Wildman–Crippen LogP) is 23.2. The summed E-state index contributed by atoms with van der Waals surface area (Å²) in [4.78, 5) is 6.11. The lowest BCUT2D eigenvalue weighted by Gasteiger charge is -2.53. The van der Waals surface area contributed by atoms with E-state index in [0.29, 0.717) is 23.7 Å². The van der Waals surface area contributed by atoms with Crippen LogP contribution in [-0.4, -0.2) is 32.5 Å². The van der Waals surface area contributed by atoms with Gasteiger partial charge in [0, 0.05) is 84.0 Å². The van der Waals surface area contributed by atoms with Gasteiger partial charge in [-0.1, -0.05) is 193 Å². The minimum absolute atomic E-state index is 0.0689. The van der Waals surface area contributed by atoms with Gasteiger partial charge in [0.2, 0.25) is 0 Å². The summed E-state index contributed by atoms with van der Waals surface area (Å²) in [5.74, 6) is 1.64. The number of benzene rings is 10. The Labute approximate surface area is 599 Å². The summed E-state index contributed by atoms with van der Waals surface area (Å²) < 4.78 is 7.68. The van der Waals surface area contributed by atoms with Crippen LogP contribution in [0.5, 0.6) is 0 Å². The third kappa shape index (κ3) is 9.56. The van der Waals surface area contributed by atoms with E-state index in [1.165, 1.54) is 197 Å². The number of hydrogen-bond acceptors (Lipinski definition) is 2. The van der Waals surface area contributed by atoms with Crippen molar-refractivity contribution in [1.29, 1.82) is 0 Å². The number of aromatic nitrogens is 3. The Morgan fingerprint density at radius 2 is 0.686 bits per heavy atom. The standard InChI is InChI=1S/C96H86BN5/c1-5-27-64(28-6-1)72-41-25-42-73(65-29-7-2-8-30-65)95(72)101-90-61-70(99-86-47-21-15-37-78(86)79-38-16-22-48-87(79)99)55-57-82(90)97-83-58-56-71(100-88-49-23-17-39-80(88)81-40-18-24-50-89(81)100)62-91(83)102(96-74(66-31-9-3-10-32-66)43-26-44-75(96)67-33-11-4-12-34-67)93-60-68(59-92(101)94(93)97)63-51-53-69(54-52-63)98-84-45-19-13-35-76(84)77-36-14-20-46-85(77)98/h1,3,5,9,13-24,29,33,35-41,43,45-62,64,66,73,75,95-96H,2,4,6-8,10-12,25-28,30-32,34,42,44H2. The van der Waals surface area contributed by atoms with Crippen molar-refractivity contribution in [2.24, 2.45) is 23.7 Å². The second kappa shape index (κ2) is 24.8. The Kier molecular flexibility index (Phi) is 14.7. The Morgan fingerprint density at radius 3 is 1.06 bits per heavy atom. The Bertz CT molecular complexity index is 5330. The molecule has 0 fully saturated rings. The number of para-hydroxylation sites is 6. The first-order valence-electron chi connectivity index (χ1n) is 38.8. The van der Waals surface area contributed by atoms with Crippen molar-refractivity contribution in [3.8, 4) is 28.2 Å². The lowest BCUT2D eigenvalue weighted by atomic mass is 9.33. The number of allylic oxidation sites excluding steroid dienone is 8. The van der Waals surface area contributed by atoms with Gasteiger partial charge in [-0.15, -0.1) is 0 Å². The maximum absolute atomic E-state index is 3.06. The van der Waals surface area contributed by atoms with Gasteiger partial charge in [-0.2, -0.15) is 0 Å². The van der Waals surface area contributed by atoms with Crippen LogP contribution < -0.4 is 26.2 Å². The molecule has 6 atom stereocenters. The van der Waals surface area contributed by atoms with Gasteiger partial charge in [0.1, 0.15) is 0 Å². The minimum Gasteiger partial charge on any atom is -0.334 e. The van der Waals surface area contributed by atoms with E-state index in [0.717, 1.165) is 51.4 Å². The molecule has 21 rings (SSSR count). The van der Waals surface area contributed by atoms with Crippen molar-refractivity contribution in [3.05, 3.63) is 289 Å². The normalized spacial score (nSPS) is 21.9. The summed E-state index contributed by atoms with van der Waals surface area (Å²) in [5.41, 5.74) is 30.1. The highest BCUT2D eigenvalue weighted by Gasteiger charge is 2.51. The molecule has 0 amide bonds. The molecule has 5 nitrogen and oxygen atoms in total. The van der Waals surface area contributed by atoms with Crippen LogP contribution in [0.3, 0.4) is 0 Å². The number of rotatable bonds is 10. The first-order chi connectivity index (χ1) is 50.7. The molecule has 102 heavy (non-hydrogen) atoms. The van der Waals surface area contributed by atoms with Gasteiger partial charge in [-0.05, 0) is 251 Å². The molecule has 6 aliphatic carbocycles. The van der Waals surface area contributed by atoms with E-state index in [9.17, 15) is 0 Å². The fourth-order valence-electron chi connectivity index (χ4n) is 21.2. The Balaban J connectivity index is 0.885. The molecule has 13 aromatic rings. The summed E-state index contributed by atoms with van der Waals surface area (Å²) in [5, 5.41) is 7.75. The van der Waals surface area contributed by atoms with Crippen molar-refractivity contribution in [3.63, 3.8) is 0 Å². The molecule has 6 heteroatoms. The molecule has 10 aromatic carbocycles. The summed E-state index contributed by atoms with van der Waals surface area (Å²) in [6, 6.07) is 85.7. The Hall–Kier alpha value is -10.3. The van der Waals surface area contributed by atoms with Crippen molar-refractivity contribution in [1.82, 2.24) is 13.7 Å². The lowest BCUT2D eigenvalue weighted by molar-refractivity contribution is 0.391. The van der Waals surface area contributed by atoms with E-state index in [1.54, 1.807) is 22.3 Å². The van der Waals surface area contributed by atoms with Gasteiger partial charge in [0.25, 0.3) is 6.71 Å². The average Bonchev–Trinajstić information content (AvgIpc) is 0.836. The molecule has 0 saturated carbocycles. The summed E-state index contributed by atoms with van der Waals surface area (Å²) >= 11 is 0. The topological polar surface area (TPSA) is 21.3 Å². The number of anilines is 4. The molecular weight excluding hydrogens is 1230 g/mol. The van der Waals surface area contributed by atoms with E-state index in [2.05, 4.69) is 290 Å². The second-order valence-electron chi connectivity index (χ2n) is 30.9. The highest BCUT2D eigenvalue weighted by molar-refractivity contribution is 7.00. The van der Waals surface area contributed by atoms with Crippen LogP contribution in [0.2, 0.25) is 0 Å². The van der Waals surface area contributed by atoms with Crippen molar-refractivity contribution in [2.75, 3.05) is 9.80 Å². The minimum atomic E-state index is -0.0689. The van der Waals surface area contributed by atoms with E-state index < -0.39 is 0 Å². The maximum atomic E-state index is 3.06. The zero-order chi connectivity index (χ0) is 66.9. The fraction of sp³-hybridized carbons (Fsp3) is 0.250. The molecule has 5 heterocycles. The molecule has 8 aliphatic rings. The van der Waals surface area contributed by atoms with Crippen molar-refractivity contribution >= 4 is 111 Å². The van der Waals surface area contributed by atoms with Crippen LogP contribution in [-0.2, 0) is 0 Å². The second-order valence-corrected chi connectivity index (χ2v) is 30.9. The molecule has 3 aromatic heterocycles. The monoisotopic (exact) mass is 1320 g/mol. The molecule has 0 radical (unpaired) electrons. The predicted molar refractivity (Wildman–Crippen MR) is 432 cm³/mol. The Morgan fingerprint density at radius 1 is 0.304 bits per heavy atom. The summed E-state index contributed by atoms with van der Waals surface area (Å²) in [6.45, 7) is -0.0689. The third-order valence-electron chi connectivity index (χ3n) is 25.6. The highest BCUT2D eigenvalue weighted by atomic mass is 15.2. The van der Waals surface area contributed by atoms with Crippen LogP contribution in [0.1, 0.15) is 116 Å². The molecule has 0 N–H and O–H groups in total. The first kappa shape index (κ1) is 60.5. The van der Waals surface area contributed by atoms with Crippen LogP contribution in [0.25, 0.3) is 93.6 Å². The van der Waals surface area contributed by atoms with E-state index in [-0.39, 0.29) is 18.8 Å². The van der Waals surface area contributed by atoms with Crippen molar-refractivity contribution < 1.29 is 0 Å². The maximum Gasteiger partial charge on any atom is 0.252 e. The highest BCUT2D eigenvalue weighted by Crippen LogP contribution is 2.54. The number of nitrogens with zero attached hydrogens (tertiary/aromatic N) is 5. The average molecular weight is 1320 g/mol. The largest absolute Gasteiger partial charge is 0.334 e. The van der Waals surface area contributed by atoms with Gasteiger partial charge in [0.15, 0.2) is 0 Å². The molecule has 0 bridgehead atoms. The van der Waals surface area contributed by atoms with Crippen LogP contribution in [0.4, 0.5) is 22.7 Å². The molecular formula is C96H86BN5. The van der Waals surface area contributed by atoms with Gasteiger partial charge >= 0.3 is 0 Å². The third-order valence-corrected chi connectivity index (χ3v) is 25.6. The molecule has 0 saturated heterocycles. The summed E-state index contributed by atoms with van der Waals surface area (Å²) in [7, 11) is 0. The van der Waals surface area contributed by atoms with Gasteiger partial charge in [-0.25, -0.2) is 0 Å². The quantitative estimate of drug-likeness (QED) is 0.101. The van der Waals surface area contributed by atoms with Gasteiger partial charge in [-0.3, -0.25) is 0 Å². The smallest absolute Gasteiger partial charge is 0.252 e. The van der Waals surface area contributed by atoms with Crippen LogP contribution >= 0.6 is 0 Å². The van der Waals surface area contributed by atoms with Crippen LogP contribution in [0.15, 0.2) is 289 Å². The van der Waals surface area contributed by atoms with Gasteiger partial charge < -0.3 is 23.5 Å². The zero-order valence-corrected chi connectivity index (χ0v) is 58.4. The lowest BCUT2D eigenvalue weighted by Crippen LogP contribution is -2.65. The zero-order valence-electron chi connectivity index (χ0n) is 58.4. The van der Waals surface area contributed by atoms with E-state index in [4.69, 9.17) is 0 Å². The fourth-order valence-corrected chi connectivity index (χ4v) is 21.2. The molecule has 498 valence electrons. The van der Waals surface area contributed by atoms with Crippen LogP contribution in [0, 0.1) is 23.7 Å². The first-order valence-corrected chi connectivity index (χ1v) is 38.8. The number of hydrogen-bond donors (Lipinski definition) is 0. The van der Waals surface area contributed by atoms with Gasteiger partial charge in [0.05, 0.1) is 45.2 Å². The van der Waals surface area contributed by atoms with E-state index in [1.807, 2.05) is 0 Å². The molecule has 6 unspecified atom stereocenters.